The molecule has 30 heavy (non-hydrogen) atoms. The molecule has 1 aromatic carbocycles. The first-order valence-corrected chi connectivity index (χ1v) is 10.4. The number of likely N-dealkylation sites (tertiary alicyclic amines) is 1. The molecule has 154 valence electrons. The number of fused-ring (bicyclic) bond motifs is 3. The molecule has 2 unspecified atom stereocenters. The number of nitrogens with zero attached hydrogens (tertiary/aromatic N) is 4. The summed E-state index contributed by atoms with van der Waals surface area (Å²) in [5.41, 5.74) is 1.37. The standard InChI is InChI=1S/C23H24N4O3/c1-23-11-8-20(28)27(23)19-6-3-2-5-17(19)22(30)26(23)15-21(29)25-14-4-7-18(25)16-9-12-24-13-10-16/h2-3,5-6,9-10,12-13,18H,4,7-8,11,14-15H2,1H3. The SMILES string of the molecule is CC12CCC(=O)N1c1ccccc1C(=O)N2CC(=O)N1CCCC1c1ccncc1. The van der Waals surface area contributed by atoms with Crippen molar-refractivity contribution in [2.24, 2.45) is 0 Å². The minimum atomic E-state index is -0.815. The van der Waals surface area contributed by atoms with E-state index < -0.39 is 5.66 Å². The maximum atomic E-state index is 13.4. The van der Waals surface area contributed by atoms with Crippen molar-refractivity contribution in [3.63, 3.8) is 0 Å². The van der Waals surface area contributed by atoms with Crippen molar-refractivity contribution in [1.82, 2.24) is 14.8 Å². The van der Waals surface area contributed by atoms with E-state index in [-0.39, 0.29) is 30.3 Å². The fourth-order valence-corrected chi connectivity index (χ4v) is 5.16. The highest BCUT2D eigenvalue weighted by molar-refractivity contribution is 6.11. The molecular weight excluding hydrogens is 380 g/mol. The van der Waals surface area contributed by atoms with Crippen molar-refractivity contribution < 1.29 is 14.4 Å². The average molecular weight is 404 g/mol. The van der Waals surface area contributed by atoms with Crippen molar-refractivity contribution in [3.05, 3.63) is 59.9 Å². The molecule has 3 amide bonds. The Morgan fingerprint density at radius 1 is 1.17 bits per heavy atom. The van der Waals surface area contributed by atoms with Gasteiger partial charge in [0.25, 0.3) is 5.91 Å². The second-order valence-corrected chi connectivity index (χ2v) is 8.38. The summed E-state index contributed by atoms with van der Waals surface area (Å²) < 4.78 is 0. The number of pyridine rings is 1. The molecule has 4 heterocycles. The van der Waals surface area contributed by atoms with Gasteiger partial charge in [0.05, 0.1) is 17.3 Å². The molecule has 0 spiro atoms. The maximum absolute atomic E-state index is 13.4. The fraction of sp³-hybridized carbons (Fsp3) is 0.391. The van der Waals surface area contributed by atoms with Crippen LogP contribution in [-0.2, 0) is 9.59 Å². The third-order valence-corrected chi connectivity index (χ3v) is 6.70. The number of hydrogen-bond donors (Lipinski definition) is 0. The number of para-hydroxylation sites is 1. The van der Waals surface area contributed by atoms with Crippen LogP contribution in [0.1, 0.15) is 54.6 Å². The molecule has 1 aromatic heterocycles. The van der Waals surface area contributed by atoms with Gasteiger partial charge in [0.2, 0.25) is 11.8 Å². The molecule has 7 nitrogen and oxygen atoms in total. The zero-order valence-electron chi connectivity index (χ0n) is 17.0. The second kappa shape index (κ2) is 6.93. The van der Waals surface area contributed by atoms with Crippen molar-refractivity contribution in [1.29, 1.82) is 0 Å². The van der Waals surface area contributed by atoms with E-state index in [1.54, 1.807) is 34.3 Å². The van der Waals surface area contributed by atoms with Crippen LogP contribution in [0.3, 0.4) is 0 Å². The number of amides is 3. The molecule has 2 fully saturated rings. The Kier molecular flexibility index (Phi) is 4.34. The van der Waals surface area contributed by atoms with Crippen molar-refractivity contribution in [2.75, 3.05) is 18.0 Å². The van der Waals surface area contributed by atoms with E-state index in [4.69, 9.17) is 0 Å². The Labute approximate surface area is 175 Å². The third-order valence-electron chi connectivity index (χ3n) is 6.70. The van der Waals surface area contributed by atoms with Crippen molar-refractivity contribution in [2.45, 2.75) is 44.3 Å². The lowest BCUT2D eigenvalue weighted by Gasteiger charge is -2.48. The molecule has 0 aliphatic carbocycles. The molecule has 2 atom stereocenters. The second-order valence-electron chi connectivity index (χ2n) is 8.38. The van der Waals surface area contributed by atoms with Crippen LogP contribution in [0.5, 0.6) is 0 Å². The fourth-order valence-electron chi connectivity index (χ4n) is 5.16. The predicted octanol–water partition coefficient (Wildman–Crippen LogP) is 2.74. The van der Waals surface area contributed by atoms with E-state index in [9.17, 15) is 14.4 Å². The minimum Gasteiger partial charge on any atom is -0.334 e. The van der Waals surface area contributed by atoms with Gasteiger partial charge in [-0.2, -0.15) is 0 Å². The van der Waals surface area contributed by atoms with Gasteiger partial charge in [-0.05, 0) is 56.0 Å². The van der Waals surface area contributed by atoms with Crippen LogP contribution in [0.2, 0.25) is 0 Å². The maximum Gasteiger partial charge on any atom is 0.258 e. The molecule has 3 aliphatic rings. The summed E-state index contributed by atoms with van der Waals surface area (Å²) in [6.07, 6.45) is 6.19. The Morgan fingerprint density at radius 3 is 2.73 bits per heavy atom. The van der Waals surface area contributed by atoms with Crippen LogP contribution in [0.25, 0.3) is 0 Å². The molecule has 0 saturated carbocycles. The Balaban J connectivity index is 1.46. The number of hydrogen-bond acceptors (Lipinski definition) is 4. The number of rotatable bonds is 3. The first kappa shape index (κ1) is 18.8. The van der Waals surface area contributed by atoms with Gasteiger partial charge < -0.3 is 9.80 Å². The van der Waals surface area contributed by atoms with E-state index in [1.165, 1.54) is 0 Å². The van der Waals surface area contributed by atoms with Gasteiger partial charge in [-0.15, -0.1) is 0 Å². The van der Waals surface area contributed by atoms with Gasteiger partial charge in [-0.1, -0.05) is 12.1 Å². The highest BCUT2D eigenvalue weighted by Gasteiger charge is 2.53. The lowest BCUT2D eigenvalue weighted by molar-refractivity contribution is -0.134. The van der Waals surface area contributed by atoms with Crippen LogP contribution in [-0.4, -0.2) is 51.3 Å². The molecule has 0 bridgehead atoms. The summed E-state index contributed by atoms with van der Waals surface area (Å²) in [6.45, 7) is 2.53. The van der Waals surface area contributed by atoms with Gasteiger partial charge in [0.1, 0.15) is 12.2 Å². The molecule has 7 heteroatoms. The van der Waals surface area contributed by atoms with Gasteiger partial charge in [0, 0.05) is 25.4 Å². The predicted molar refractivity (Wildman–Crippen MR) is 111 cm³/mol. The molecule has 2 saturated heterocycles. The summed E-state index contributed by atoms with van der Waals surface area (Å²) >= 11 is 0. The molecule has 0 radical (unpaired) electrons. The first-order valence-electron chi connectivity index (χ1n) is 10.4. The van der Waals surface area contributed by atoms with E-state index in [1.807, 2.05) is 36.1 Å². The molecule has 0 N–H and O–H groups in total. The van der Waals surface area contributed by atoms with Crippen LogP contribution in [0.15, 0.2) is 48.8 Å². The zero-order valence-corrected chi connectivity index (χ0v) is 17.0. The number of benzene rings is 1. The summed E-state index contributed by atoms with van der Waals surface area (Å²) in [5, 5.41) is 0. The summed E-state index contributed by atoms with van der Waals surface area (Å²) in [6, 6.07) is 11.1. The topological polar surface area (TPSA) is 73.8 Å². The normalized spacial score (nSPS) is 25.5. The van der Waals surface area contributed by atoms with Crippen molar-refractivity contribution in [3.8, 4) is 0 Å². The average Bonchev–Trinajstić information content (AvgIpc) is 3.37. The van der Waals surface area contributed by atoms with E-state index in [0.717, 1.165) is 18.4 Å². The summed E-state index contributed by atoms with van der Waals surface area (Å²) in [7, 11) is 0. The van der Waals surface area contributed by atoms with Crippen LogP contribution in [0.4, 0.5) is 5.69 Å². The summed E-state index contributed by atoms with van der Waals surface area (Å²) in [4.78, 5) is 48.7. The summed E-state index contributed by atoms with van der Waals surface area (Å²) in [5.74, 6) is -0.277. The van der Waals surface area contributed by atoms with Gasteiger partial charge in [0.15, 0.2) is 0 Å². The number of anilines is 1. The smallest absolute Gasteiger partial charge is 0.258 e. The van der Waals surface area contributed by atoms with E-state index in [0.29, 0.717) is 30.6 Å². The number of carbonyl (C=O) groups is 3. The van der Waals surface area contributed by atoms with E-state index in [2.05, 4.69) is 4.98 Å². The lowest BCUT2D eigenvalue weighted by atomic mass is 9.98. The Morgan fingerprint density at radius 2 is 1.93 bits per heavy atom. The number of carbonyl (C=O) groups excluding carboxylic acids is 3. The van der Waals surface area contributed by atoms with Gasteiger partial charge in [-0.3, -0.25) is 24.3 Å². The third kappa shape index (κ3) is 2.72. The van der Waals surface area contributed by atoms with Gasteiger partial charge >= 0.3 is 0 Å². The number of aromatic nitrogens is 1. The molecular formula is C23H24N4O3. The van der Waals surface area contributed by atoms with Crippen LogP contribution >= 0.6 is 0 Å². The van der Waals surface area contributed by atoms with Crippen LogP contribution < -0.4 is 4.90 Å². The minimum absolute atomic E-state index is 0.00166. The Bertz CT molecular complexity index is 1020. The van der Waals surface area contributed by atoms with Crippen molar-refractivity contribution >= 4 is 23.4 Å². The zero-order chi connectivity index (χ0) is 20.9. The quantitative estimate of drug-likeness (QED) is 0.789. The molecule has 2 aromatic rings. The van der Waals surface area contributed by atoms with E-state index >= 15 is 0 Å². The first-order chi connectivity index (χ1) is 14.5. The lowest BCUT2D eigenvalue weighted by Crippen LogP contribution is -2.64. The molecule has 5 rings (SSSR count). The van der Waals surface area contributed by atoms with Gasteiger partial charge in [-0.25, -0.2) is 0 Å². The van der Waals surface area contributed by atoms with Crippen LogP contribution in [0, 0.1) is 0 Å². The monoisotopic (exact) mass is 404 g/mol. The highest BCUT2D eigenvalue weighted by Crippen LogP contribution is 2.44. The Hall–Kier alpha value is -3.22. The highest BCUT2D eigenvalue weighted by atomic mass is 16.2. The largest absolute Gasteiger partial charge is 0.334 e. The molecule has 3 aliphatic heterocycles.